The highest BCUT2D eigenvalue weighted by Gasteiger charge is 2.21. The van der Waals surface area contributed by atoms with Crippen molar-refractivity contribution in [3.05, 3.63) is 158 Å². The zero-order valence-electron chi connectivity index (χ0n) is 27.2. The monoisotopic (exact) mass is 650 g/mol. The quantitative estimate of drug-likeness (QED) is 0.175. The van der Waals surface area contributed by atoms with Gasteiger partial charge in [0.25, 0.3) is 0 Å². The van der Waals surface area contributed by atoms with Crippen LogP contribution >= 0.6 is 0 Å². The number of fused-ring (bicyclic) bond motifs is 14. The van der Waals surface area contributed by atoms with Crippen molar-refractivity contribution in [1.29, 1.82) is 0 Å². The SMILES string of the molecule is c1ccc2c(c1)ccc1c2oc2ccc3oc4cc(-c5c6ccccc6c(-c6ccc7c(c6)oc6ccccc67)c6ccccc56)ccc4c3c21. The first-order chi connectivity index (χ1) is 25.3. The van der Waals surface area contributed by atoms with Crippen LogP contribution < -0.4 is 0 Å². The van der Waals surface area contributed by atoms with Crippen LogP contribution in [0.5, 0.6) is 0 Å². The molecule has 9 aromatic carbocycles. The predicted molar refractivity (Wildman–Crippen MR) is 212 cm³/mol. The number of hydrogen-bond acceptors (Lipinski definition) is 3. The van der Waals surface area contributed by atoms with Gasteiger partial charge in [0.05, 0.1) is 0 Å². The third-order valence-corrected chi connectivity index (χ3v) is 10.8. The fourth-order valence-electron chi connectivity index (χ4n) is 8.65. The van der Waals surface area contributed by atoms with Crippen LogP contribution in [0.15, 0.2) is 171 Å². The number of rotatable bonds is 2. The molecular formula is C48H26O3. The van der Waals surface area contributed by atoms with Crippen molar-refractivity contribution in [2.24, 2.45) is 0 Å². The Morgan fingerprint density at radius 1 is 0.275 bits per heavy atom. The van der Waals surface area contributed by atoms with Crippen molar-refractivity contribution < 1.29 is 13.3 Å². The van der Waals surface area contributed by atoms with Crippen LogP contribution in [-0.4, -0.2) is 0 Å². The molecule has 12 aromatic rings. The molecule has 0 fully saturated rings. The lowest BCUT2D eigenvalue weighted by atomic mass is 9.85. The van der Waals surface area contributed by atoms with Crippen molar-refractivity contribution >= 4 is 98.1 Å². The van der Waals surface area contributed by atoms with E-state index < -0.39 is 0 Å². The maximum Gasteiger partial charge on any atom is 0.143 e. The van der Waals surface area contributed by atoms with Crippen molar-refractivity contribution in [3.8, 4) is 22.3 Å². The Hall–Kier alpha value is -6.84. The first-order valence-electron chi connectivity index (χ1n) is 17.3. The van der Waals surface area contributed by atoms with E-state index in [2.05, 4.69) is 133 Å². The number of para-hydroxylation sites is 1. The summed E-state index contributed by atoms with van der Waals surface area (Å²) >= 11 is 0. The Balaban J connectivity index is 1.11. The maximum atomic E-state index is 6.66. The predicted octanol–water partition coefficient (Wildman–Crippen LogP) is 14.2. The van der Waals surface area contributed by atoms with Gasteiger partial charge in [-0.05, 0) is 97.7 Å². The van der Waals surface area contributed by atoms with Gasteiger partial charge in [0, 0.05) is 37.7 Å². The van der Waals surface area contributed by atoms with Gasteiger partial charge in [-0.3, -0.25) is 0 Å². The Kier molecular flexibility index (Phi) is 5.23. The molecule has 0 aliphatic heterocycles. The van der Waals surface area contributed by atoms with Gasteiger partial charge in [-0.15, -0.1) is 0 Å². The van der Waals surface area contributed by atoms with Crippen LogP contribution in [0.25, 0.3) is 120 Å². The van der Waals surface area contributed by atoms with E-state index in [1.807, 2.05) is 24.3 Å². The lowest BCUT2D eigenvalue weighted by Gasteiger charge is -2.17. The summed E-state index contributed by atoms with van der Waals surface area (Å²) < 4.78 is 19.5. The molecule has 0 atom stereocenters. The fraction of sp³-hybridized carbons (Fsp3) is 0. The molecule has 3 heteroatoms. The van der Waals surface area contributed by atoms with Crippen molar-refractivity contribution in [3.63, 3.8) is 0 Å². The summed E-state index contributed by atoms with van der Waals surface area (Å²) in [5.74, 6) is 0. The minimum absolute atomic E-state index is 0.858. The molecular weight excluding hydrogens is 625 g/mol. The Labute approximate surface area is 290 Å². The Bertz CT molecular complexity index is 3370. The standard InChI is InChI=1S/C48H26O3/c1-2-10-30-27(9-1)17-22-38-47-41(51-48(30)38)24-23-40-46(47)37-21-19-29(26-43(37)50-40)45-35-14-5-3-12-33(35)44(34-13-4-6-15-36(34)45)28-18-20-32-31-11-7-8-16-39(31)49-42(32)25-28/h1-26H. The summed E-state index contributed by atoms with van der Waals surface area (Å²) in [5.41, 5.74) is 9.97. The topological polar surface area (TPSA) is 39.4 Å². The zero-order chi connectivity index (χ0) is 33.2. The molecule has 3 aromatic heterocycles. The molecule has 0 bridgehead atoms. The molecule has 0 aliphatic carbocycles. The second-order valence-electron chi connectivity index (χ2n) is 13.5. The lowest BCUT2D eigenvalue weighted by molar-refractivity contribution is 0.664. The fourth-order valence-corrected chi connectivity index (χ4v) is 8.65. The van der Waals surface area contributed by atoms with Crippen LogP contribution in [0.1, 0.15) is 0 Å². The first-order valence-corrected chi connectivity index (χ1v) is 17.3. The highest BCUT2D eigenvalue weighted by atomic mass is 16.3. The Morgan fingerprint density at radius 2 is 0.745 bits per heavy atom. The third kappa shape index (κ3) is 3.67. The van der Waals surface area contributed by atoms with Crippen molar-refractivity contribution in [1.82, 2.24) is 0 Å². The van der Waals surface area contributed by atoms with E-state index in [1.165, 1.54) is 38.1 Å². The Morgan fingerprint density at radius 3 is 1.43 bits per heavy atom. The van der Waals surface area contributed by atoms with E-state index in [1.54, 1.807) is 0 Å². The molecule has 0 saturated heterocycles. The maximum absolute atomic E-state index is 6.66. The number of hydrogen-bond donors (Lipinski definition) is 0. The average Bonchev–Trinajstić information content (AvgIpc) is 3.87. The number of benzene rings is 9. The van der Waals surface area contributed by atoms with Gasteiger partial charge >= 0.3 is 0 Å². The van der Waals surface area contributed by atoms with Gasteiger partial charge in [-0.1, -0.05) is 109 Å². The zero-order valence-corrected chi connectivity index (χ0v) is 27.2. The normalized spacial score (nSPS) is 12.3. The van der Waals surface area contributed by atoms with Crippen molar-refractivity contribution in [2.75, 3.05) is 0 Å². The van der Waals surface area contributed by atoms with E-state index >= 15 is 0 Å². The van der Waals surface area contributed by atoms with E-state index in [0.29, 0.717) is 0 Å². The summed E-state index contributed by atoms with van der Waals surface area (Å²) in [4.78, 5) is 0. The van der Waals surface area contributed by atoms with Crippen LogP contribution in [0.2, 0.25) is 0 Å². The molecule has 51 heavy (non-hydrogen) atoms. The molecule has 3 heterocycles. The highest BCUT2D eigenvalue weighted by Crippen LogP contribution is 2.47. The van der Waals surface area contributed by atoms with E-state index in [9.17, 15) is 0 Å². The second kappa shape index (κ2) is 9.87. The van der Waals surface area contributed by atoms with Gasteiger partial charge in [-0.2, -0.15) is 0 Å². The molecule has 3 nitrogen and oxygen atoms in total. The van der Waals surface area contributed by atoms with Crippen LogP contribution in [-0.2, 0) is 0 Å². The van der Waals surface area contributed by atoms with Gasteiger partial charge < -0.3 is 13.3 Å². The minimum atomic E-state index is 0.858. The molecule has 0 aliphatic rings. The lowest BCUT2D eigenvalue weighted by Crippen LogP contribution is -1.90. The molecule has 0 saturated carbocycles. The van der Waals surface area contributed by atoms with Crippen molar-refractivity contribution in [2.45, 2.75) is 0 Å². The first kappa shape index (κ1) is 27.0. The molecule has 0 amide bonds. The molecule has 0 unspecified atom stereocenters. The van der Waals surface area contributed by atoms with Gasteiger partial charge in [0.15, 0.2) is 0 Å². The van der Waals surface area contributed by atoms with E-state index in [-0.39, 0.29) is 0 Å². The van der Waals surface area contributed by atoms with E-state index in [0.717, 1.165) is 82.3 Å². The summed E-state index contributed by atoms with van der Waals surface area (Å²) in [6, 6.07) is 55.9. The summed E-state index contributed by atoms with van der Waals surface area (Å²) in [6.45, 7) is 0. The molecule has 0 spiro atoms. The number of furan rings is 3. The smallest absolute Gasteiger partial charge is 0.143 e. The van der Waals surface area contributed by atoms with Gasteiger partial charge in [0.1, 0.15) is 33.5 Å². The molecule has 0 radical (unpaired) electrons. The van der Waals surface area contributed by atoms with Gasteiger partial charge in [-0.25, -0.2) is 0 Å². The minimum Gasteiger partial charge on any atom is -0.456 e. The van der Waals surface area contributed by atoms with Gasteiger partial charge in [0.2, 0.25) is 0 Å². The summed E-state index contributed by atoms with van der Waals surface area (Å²) in [6.07, 6.45) is 0. The second-order valence-corrected chi connectivity index (χ2v) is 13.5. The molecule has 236 valence electrons. The largest absolute Gasteiger partial charge is 0.456 e. The summed E-state index contributed by atoms with van der Waals surface area (Å²) in [5, 5.41) is 13.7. The van der Waals surface area contributed by atoms with E-state index in [4.69, 9.17) is 13.3 Å². The van der Waals surface area contributed by atoms with Crippen LogP contribution in [0.3, 0.4) is 0 Å². The summed E-state index contributed by atoms with van der Waals surface area (Å²) in [7, 11) is 0. The molecule has 12 rings (SSSR count). The van der Waals surface area contributed by atoms with Crippen LogP contribution in [0.4, 0.5) is 0 Å². The highest BCUT2D eigenvalue weighted by molar-refractivity contribution is 6.29. The molecule has 0 N–H and O–H groups in total. The third-order valence-electron chi connectivity index (χ3n) is 10.8. The average molecular weight is 651 g/mol. The van der Waals surface area contributed by atoms with Crippen LogP contribution in [0, 0.1) is 0 Å².